The molecule has 1 N–H and O–H groups in total. The van der Waals surface area contributed by atoms with Gasteiger partial charge in [-0.2, -0.15) is 0 Å². The molecule has 1 aliphatic heterocycles. The van der Waals surface area contributed by atoms with Crippen molar-refractivity contribution >= 4 is 11.7 Å². The number of fused-ring (bicyclic) bond motifs is 3. The molecule has 3 aromatic carbocycles. The van der Waals surface area contributed by atoms with Crippen molar-refractivity contribution in [2.45, 2.75) is 32.9 Å². The molecule has 2 heterocycles. The number of carbonyl (C=O) groups excluding carboxylic acids is 1. The topological polar surface area (TPSA) is 37.3 Å². The highest BCUT2D eigenvalue weighted by atomic mass is 19.1. The highest BCUT2D eigenvalue weighted by molar-refractivity contribution is 5.90. The molecule has 5 heteroatoms. The number of aryl methyl sites for hydroxylation is 2. The van der Waals surface area contributed by atoms with Crippen LogP contribution in [-0.2, 0) is 13.0 Å². The van der Waals surface area contributed by atoms with Gasteiger partial charge in [0.1, 0.15) is 5.82 Å². The third kappa shape index (κ3) is 3.91. The van der Waals surface area contributed by atoms with Crippen molar-refractivity contribution in [1.82, 2.24) is 9.47 Å². The SMILES string of the molecule is CCc1ccc(C2c3cccn3-c3ccccc3CN2C(=O)Nc2ccc(C)c(F)c2)cc1. The number of aromatic nitrogens is 1. The quantitative estimate of drug-likeness (QED) is 0.382. The first-order chi connectivity index (χ1) is 16.0. The lowest BCUT2D eigenvalue weighted by molar-refractivity contribution is 0.194. The van der Waals surface area contributed by atoms with Crippen molar-refractivity contribution in [3.63, 3.8) is 0 Å². The minimum atomic E-state index is -0.338. The minimum absolute atomic E-state index is 0.271. The van der Waals surface area contributed by atoms with Gasteiger partial charge in [0.2, 0.25) is 0 Å². The fourth-order valence-corrected chi connectivity index (χ4v) is 4.49. The lowest BCUT2D eigenvalue weighted by Gasteiger charge is -2.31. The van der Waals surface area contributed by atoms with Gasteiger partial charge in [0.25, 0.3) is 0 Å². The Morgan fingerprint density at radius 2 is 1.82 bits per heavy atom. The Morgan fingerprint density at radius 1 is 1.03 bits per heavy atom. The van der Waals surface area contributed by atoms with Crippen LogP contribution in [0.15, 0.2) is 85.1 Å². The smallest absolute Gasteiger partial charge is 0.318 e. The molecule has 166 valence electrons. The Hall–Kier alpha value is -3.86. The van der Waals surface area contributed by atoms with Gasteiger partial charge in [0, 0.05) is 17.6 Å². The van der Waals surface area contributed by atoms with Crippen LogP contribution in [-0.4, -0.2) is 15.5 Å². The van der Waals surface area contributed by atoms with E-state index in [1.807, 2.05) is 35.4 Å². The summed E-state index contributed by atoms with van der Waals surface area (Å²) in [6.07, 6.45) is 2.99. The molecule has 0 radical (unpaired) electrons. The molecule has 4 aromatic rings. The van der Waals surface area contributed by atoms with Crippen molar-refractivity contribution < 1.29 is 9.18 Å². The highest BCUT2D eigenvalue weighted by Gasteiger charge is 2.33. The molecule has 2 amide bonds. The summed E-state index contributed by atoms with van der Waals surface area (Å²) in [4.78, 5) is 15.5. The van der Waals surface area contributed by atoms with E-state index in [0.29, 0.717) is 17.8 Å². The molecule has 0 spiro atoms. The fourth-order valence-electron chi connectivity index (χ4n) is 4.49. The molecular formula is C28H26FN3O. The molecule has 33 heavy (non-hydrogen) atoms. The summed E-state index contributed by atoms with van der Waals surface area (Å²) >= 11 is 0. The van der Waals surface area contributed by atoms with Crippen LogP contribution >= 0.6 is 0 Å². The van der Waals surface area contributed by atoms with Gasteiger partial charge >= 0.3 is 6.03 Å². The number of urea groups is 1. The standard InChI is InChI=1S/C28H26FN3O/c1-3-20-11-13-21(14-12-20)27-26-9-6-16-31(26)25-8-5-4-7-22(25)18-32(27)28(33)30-23-15-10-19(2)24(29)17-23/h4-17,27H,3,18H2,1-2H3,(H,30,33). The van der Waals surface area contributed by atoms with Gasteiger partial charge in [-0.25, -0.2) is 9.18 Å². The average molecular weight is 440 g/mol. The maximum Gasteiger partial charge on any atom is 0.322 e. The van der Waals surface area contributed by atoms with Crippen LogP contribution in [0.2, 0.25) is 0 Å². The van der Waals surface area contributed by atoms with E-state index in [-0.39, 0.29) is 17.9 Å². The van der Waals surface area contributed by atoms with Gasteiger partial charge < -0.3 is 14.8 Å². The van der Waals surface area contributed by atoms with Gasteiger partial charge in [-0.3, -0.25) is 0 Å². The number of nitrogens with zero attached hydrogens (tertiary/aromatic N) is 2. The van der Waals surface area contributed by atoms with Gasteiger partial charge in [-0.15, -0.1) is 0 Å². The zero-order valence-electron chi connectivity index (χ0n) is 18.8. The minimum Gasteiger partial charge on any atom is -0.318 e. The maximum absolute atomic E-state index is 14.1. The van der Waals surface area contributed by atoms with E-state index in [4.69, 9.17) is 0 Å². The molecule has 4 nitrogen and oxygen atoms in total. The Morgan fingerprint density at radius 3 is 2.58 bits per heavy atom. The first kappa shape index (κ1) is 21.0. The number of hydrogen-bond donors (Lipinski definition) is 1. The van der Waals surface area contributed by atoms with Crippen LogP contribution in [0, 0.1) is 12.7 Å². The number of benzene rings is 3. The van der Waals surface area contributed by atoms with E-state index in [2.05, 4.69) is 53.2 Å². The van der Waals surface area contributed by atoms with E-state index in [1.165, 1.54) is 11.6 Å². The normalized spacial score (nSPS) is 14.9. The van der Waals surface area contributed by atoms with E-state index >= 15 is 0 Å². The largest absolute Gasteiger partial charge is 0.322 e. The summed E-state index contributed by atoms with van der Waals surface area (Å²) in [6.45, 7) is 4.26. The molecular weight excluding hydrogens is 413 g/mol. The number of anilines is 1. The van der Waals surface area contributed by atoms with Crippen molar-refractivity contribution in [2.24, 2.45) is 0 Å². The molecule has 1 aliphatic rings. The van der Waals surface area contributed by atoms with Crippen LogP contribution in [0.4, 0.5) is 14.9 Å². The van der Waals surface area contributed by atoms with Crippen LogP contribution in [0.3, 0.4) is 0 Å². The molecule has 0 aliphatic carbocycles. The van der Waals surface area contributed by atoms with Crippen LogP contribution in [0.1, 0.15) is 40.9 Å². The second-order valence-corrected chi connectivity index (χ2v) is 8.45. The summed E-state index contributed by atoms with van der Waals surface area (Å²) < 4.78 is 16.3. The molecule has 1 aromatic heterocycles. The second kappa shape index (κ2) is 8.58. The van der Waals surface area contributed by atoms with E-state index in [9.17, 15) is 9.18 Å². The van der Waals surface area contributed by atoms with Gasteiger partial charge in [-0.1, -0.05) is 55.5 Å². The van der Waals surface area contributed by atoms with Gasteiger partial charge in [0.15, 0.2) is 0 Å². The lowest BCUT2D eigenvalue weighted by Crippen LogP contribution is -2.38. The maximum atomic E-state index is 14.1. The number of halogens is 1. The number of hydrogen-bond acceptors (Lipinski definition) is 1. The molecule has 1 unspecified atom stereocenters. The third-order valence-electron chi connectivity index (χ3n) is 6.35. The summed E-state index contributed by atoms with van der Waals surface area (Å²) in [5.74, 6) is -0.338. The van der Waals surface area contributed by atoms with Crippen LogP contribution < -0.4 is 5.32 Å². The second-order valence-electron chi connectivity index (χ2n) is 8.45. The third-order valence-corrected chi connectivity index (χ3v) is 6.35. The molecule has 0 bridgehead atoms. The first-order valence-corrected chi connectivity index (χ1v) is 11.2. The summed E-state index contributed by atoms with van der Waals surface area (Å²) in [6, 6.07) is 24.8. The first-order valence-electron chi connectivity index (χ1n) is 11.2. The van der Waals surface area contributed by atoms with Crippen LogP contribution in [0.25, 0.3) is 5.69 Å². The monoisotopic (exact) mass is 439 g/mol. The number of carbonyl (C=O) groups is 1. The fraction of sp³-hybridized carbons (Fsp3) is 0.179. The number of nitrogens with one attached hydrogen (secondary N) is 1. The zero-order chi connectivity index (χ0) is 22.9. The predicted octanol–water partition coefficient (Wildman–Crippen LogP) is 6.62. The summed E-state index contributed by atoms with van der Waals surface area (Å²) in [5, 5.41) is 2.92. The summed E-state index contributed by atoms with van der Waals surface area (Å²) in [7, 11) is 0. The van der Waals surface area contributed by atoms with E-state index < -0.39 is 0 Å². The van der Waals surface area contributed by atoms with Crippen molar-refractivity contribution in [2.75, 3.05) is 5.32 Å². The van der Waals surface area contributed by atoms with Crippen LogP contribution in [0.5, 0.6) is 0 Å². The summed E-state index contributed by atoms with van der Waals surface area (Å²) in [5.41, 5.74) is 6.38. The molecule has 0 saturated heterocycles. The molecule has 0 saturated carbocycles. The number of rotatable bonds is 3. The molecule has 1 atom stereocenters. The Labute approximate surface area is 193 Å². The predicted molar refractivity (Wildman–Crippen MR) is 129 cm³/mol. The van der Waals surface area contributed by atoms with Crippen molar-refractivity contribution in [3.8, 4) is 5.69 Å². The lowest BCUT2D eigenvalue weighted by atomic mass is 10.00. The van der Waals surface area contributed by atoms with Crippen molar-refractivity contribution in [1.29, 1.82) is 0 Å². The number of para-hydroxylation sites is 1. The van der Waals surface area contributed by atoms with Gasteiger partial charge in [-0.05, 0) is 65.9 Å². The van der Waals surface area contributed by atoms with E-state index in [0.717, 1.165) is 28.9 Å². The Balaban J connectivity index is 1.61. The Bertz CT molecular complexity index is 1310. The molecule has 5 rings (SSSR count). The van der Waals surface area contributed by atoms with Gasteiger partial charge in [0.05, 0.1) is 18.3 Å². The van der Waals surface area contributed by atoms with Crippen molar-refractivity contribution in [3.05, 3.63) is 119 Å². The highest BCUT2D eigenvalue weighted by Crippen LogP contribution is 2.37. The van der Waals surface area contributed by atoms with E-state index in [1.54, 1.807) is 19.1 Å². The average Bonchev–Trinajstić information content (AvgIpc) is 3.26. The zero-order valence-corrected chi connectivity index (χ0v) is 18.8. The number of amides is 2. The molecule has 0 fully saturated rings. The Kier molecular flexibility index (Phi) is 5.47.